The summed E-state index contributed by atoms with van der Waals surface area (Å²) in [5.74, 6) is 0. The van der Waals surface area contributed by atoms with E-state index < -0.39 is 0 Å². The van der Waals surface area contributed by atoms with Crippen LogP contribution in [0.4, 0.5) is 0 Å². The van der Waals surface area contributed by atoms with E-state index in [1.807, 2.05) is 0 Å². The predicted octanol–water partition coefficient (Wildman–Crippen LogP) is 3.34. The minimum atomic E-state index is 0.600. The van der Waals surface area contributed by atoms with Gasteiger partial charge in [-0.15, -0.1) is 0 Å². The number of hydrogen-bond acceptors (Lipinski definition) is 1. The zero-order chi connectivity index (χ0) is 9.73. The fraction of sp³-hybridized carbons (Fsp3) is 1.00. The molecule has 1 unspecified atom stereocenters. The zero-order valence-corrected chi connectivity index (χ0v) is 9.53. The van der Waals surface area contributed by atoms with Crippen molar-refractivity contribution in [3.63, 3.8) is 0 Å². The van der Waals surface area contributed by atoms with Crippen LogP contribution in [0.1, 0.15) is 59.3 Å². The Hall–Kier alpha value is -0.0400. The van der Waals surface area contributed by atoms with E-state index in [4.69, 9.17) is 0 Å². The second kappa shape index (κ2) is 4.99. The van der Waals surface area contributed by atoms with Crippen LogP contribution in [0, 0.1) is 5.41 Å². The molecule has 0 aromatic heterocycles. The molecule has 0 amide bonds. The third kappa shape index (κ3) is 4.12. The molecular weight excluding hydrogens is 158 g/mol. The maximum absolute atomic E-state index is 3.67. The molecular formula is C12H25N. The monoisotopic (exact) mass is 183 g/mol. The van der Waals surface area contributed by atoms with Gasteiger partial charge in [0.2, 0.25) is 0 Å². The van der Waals surface area contributed by atoms with Crippen molar-refractivity contribution in [2.75, 3.05) is 6.54 Å². The number of nitrogens with one attached hydrogen (secondary N) is 1. The predicted molar refractivity (Wildman–Crippen MR) is 58.9 cm³/mol. The minimum absolute atomic E-state index is 0.600. The normalized spacial score (nSPS) is 26.5. The van der Waals surface area contributed by atoms with Gasteiger partial charge >= 0.3 is 0 Å². The van der Waals surface area contributed by atoms with Gasteiger partial charge in [-0.1, -0.05) is 33.6 Å². The van der Waals surface area contributed by atoms with Gasteiger partial charge < -0.3 is 5.32 Å². The van der Waals surface area contributed by atoms with Gasteiger partial charge in [0.05, 0.1) is 0 Å². The van der Waals surface area contributed by atoms with Crippen LogP contribution in [-0.2, 0) is 0 Å². The Kier molecular flexibility index (Phi) is 4.24. The van der Waals surface area contributed by atoms with Crippen molar-refractivity contribution < 1.29 is 0 Å². The first kappa shape index (κ1) is 11.0. The highest BCUT2D eigenvalue weighted by Crippen LogP contribution is 2.36. The Bertz CT molecular complexity index is 140. The smallest absolute Gasteiger partial charge is 0.00723 e. The molecule has 1 rings (SSSR count). The van der Waals surface area contributed by atoms with Crippen molar-refractivity contribution in [2.45, 2.75) is 65.3 Å². The highest BCUT2D eigenvalue weighted by atomic mass is 14.9. The highest BCUT2D eigenvalue weighted by molar-refractivity contribution is 4.86. The van der Waals surface area contributed by atoms with Crippen molar-refractivity contribution in [3.8, 4) is 0 Å². The van der Waals surface area contributed by atoms with Crippen molar-refractivity contribution in [1.29, 1.82) is 0 Å². The second-order valence-electron chi connectivity index (χ2n) is 5.27. The van der Waals surface area contributed by atoms with Crippen molar-refractivity contribution in [1.82, 2.24) is 5.32 Å². The molecule has 1 saturated carbocycles. The van der Waals surface area contributed by atoms with Gasteiger partial charge in [0.1, 0.15) is 0 Å². The molecule has 1 atom stereocenters. The van der Waals surface area contributed by atoms with Crippen LogP contribution in [0.2, 0.25) is 0 Å². The SMILES string of the molecule is CCCCCNC1CCC(C)(C)C1. The van der Waals surface area contributed by atoms with E-state index in [9.17, 15) is 0 Å². The topological polar surface area (TPSA) is 12.0 Å². The van der Waals surface area contributed by atoms with E-state index in [-0.39, 0.29) is 0 Å². The lowest BCUT2D eigenvalue weighted by atomic mass is 9.92. The Morgan fingerprint density at radius 3 is 2.62 bits per heavy atom. The van der Waals surface area contributed by atoms with Crippen LogP contribution >= 0.6 is 0 Å². The Balaban J connectivity index is 2.04. The molecule has 0 aromatic carbocycles. The van der Waals surface area contributed by atoms with Gasteiger partial charge in [-0.2, -0.15) is 0 Å². The summed E-state index contributed by atoms with van der Waals surface area (Å²) in [5.41, 5.74) is 0.600. The van der Waals surface area contributed by atoms with Gasteiger partial charge in [-0.25, -0.2) is 0 Å². The largest absolute Gasteiger partial charge is 0.314 e. The third-order valence-corrected chi connectivity index (χ3v) is 3.18. The van der Waals surface area contributed by atoms with Gasteiger partial charge in [0.15, 0.2) is 0 Å². The number of hydrogen-bond donors (Lipinski definition) is 1. The van der Waals surface area contributed by atoms with Gasteiger partial charge in [0, 0.05) is 6.04 Å². The lowest BCUT2D eigenvalue weighted by Crippen LogP contribution is -2.28. The average Bonchev–Trinajstić information content (AvgIpc) is 2.40. The molecule has 0 aromatic rings. The number of unbranched alkanes of at least 4 members (excludes halogenated alkanes) is 2. The van der Waals surface area contributed by atoms with Crippen molar-refractivity contribution >= 4 is 0 Å². The Labute approximate surface area is 83.3 Å². The molecule has 78 valence electrons. The standard InChI is InChI=1S/C12H25N/c1-4-5-6-9-13-11-7-8-12(2,3)10-11/h11,13H,4-10H2,1-3H3. The van der Waals surface area contributed by atoms with Crippen LogP contribution in [0.5, 0.6) is 0 Å². The lowest BCUT2D eigenvalue weighted by Gasteiger charge is -2.17. The molecule has 13 heavy (non-hydrogen) atoms. The molecule has 0 radical (unpaired) electrons. The highest BCUT2D eigenvalue weighted by Gasteiger charge is 2.29. The lowest BCUT2D eigenvalue weighted by molar-refractivity contribution is 0.364. The summed E-state index contributed by atoms with van der Waals surface area (Å²) < 4.78 is 0. The number of rotatable bonds is 5. The minimum Gasteiger partial charge on any atom is -0.314 e. The first-order chi connectivity index (χ1) is 6.14. The van der Waals surface area contributed by atoms with Crippen molar-refractivity contribution in [2.24, 2.45) is 5.41 Å². The summed E-state index contributed by atoms with van der Waals surface area (Å²) in [4.78, 5) is 0. The molecule has 1 nitrogen and oxygen atoms in total. The van der Waals surface area contributed by atoms with Gasteiger partial charge in [-0.05, 0) is 37.6 Å². The van der Waals surface area contributed by atoms with E-state index >= 15 is 0 Å². The summed E-state index contributed by atoms with van der Waals surface area (Å²) in [6, 6.07) is 0.812. The first-order valence-electron chi connectivity index (χ1n) is 5.87. The maximum atomic E-state index is 3.67. The van der Waals surface area contributed by atoms with E-state index in [0.717, 1.165) is 6.04 Å². The molecule has 0 saturated heterocycles. The molecule has 0 heterocycles. The zero-order valence-electron chi connectivity index (χ0n) is 9.53. The fourth-order valence-corrected chi connectivity index (χ4v) is 2.29. The Morgan fingerprint density at radius 1 is 1.31 bits per heavy atom. The van der Waals surface area contributed by atoms with Gasteiger partial charge in [-0.3, -0.25) is 0 Å². The Morgan fingerprint density at radius 2 is 2.08 bits per heavy atom. The fourth-order valence-electron chi connectivity index (χ4n) is 2.29. The average molecular weight is 183 g/mol. The second-order valence-corrected chi connectivity index (χ2v) is 5.27. The molecule has 1 fully saturated rings. The summed E-state index contributed by atoms with van der Waals surface area (Å²) in [7, 11) is 0. The van der Waals surface area contributed by atoms with Crippen LogP contribution in [0.25, 0.3) is 0 Å². The summed E-state index contributed by atoms with van der Waals surface area (Å²) >= 11 is 0. The van der Waals surface area contributed by atoms with Crippen LogP contribution in [0.15, 0.2) is 0 Å². The van der Waals surface area contributed by atoms with E-state index in [1.54, 1.807) is 0 Å². The molecule has 1 aliphatic rings. The first-order valence-corrected chi connectivity index (χ1v) is 5.87. The summed E-state index contributed by atoms with van der Waals surface area (Å²) in [6.07, 6.45) is 8.23. The molecule has 1 aliphatic carbocycles. The molecule has 0 bridgehead atoms. The molecule has 1 N–H and O–H groups in total. The molecule has 0 spiro atoms. The van der Waals surface area contributed by atoms with E-state index in [2.05, 4.69) is 26.1 Å². The van der Waals surface area contributed by atoms with Crippen LogP contribution in [-0.4, -0.2) is 12.6 Å². The van der Waals surface area contributed by atoms with Gasteiger partial charge in [0.25, 0.3) is 0 Å². The van der Waals surface area contributed by atoms with E-state index in [0.29, 0.717) is 5.41 Å². The molecule has 1 heteroatoms. The maximum Gasteiger partial charge on any atom is 0.00723 e. The van der Waals surface area contributed by atoms with Crippen molar-refractivity contribution in [3.05, 3.63) is 0 Å². The third-order valence-electron chi connectivity index (χ3n) is 3.18. The van der Waals surface area contributed by atoms with Crippen LogP contribution in [0.3, 0.4) is 0 Å². The summed E-state index contributed by atoms with van der Waals surface area (Å²) in [5, 5.41) is 3.67. The van der Waals surface area contributed by atoms with E-state index in [1.165, 1.54) is 45.1 Å². The van der Waals surface area contributed by atoms with Crippen LogP contribution < -0.4 is 5.32 Å². The molecule has 0 aliphatic heterocycles. The quantitative estimate of drug-likeness (QED) is 0.645. The summed E-state index contributed by atoms with van der Waals surface area (Å²) in [6.45, 7) is 8.27.